The third kappa shape index (κ3) is 3.19. The molecule has 0 atom stereocenters. The number of rotatable bonds is 5. The first-order valence-corrected chi connectivity index (χ1v) is 7.29. The molecule has 1 aromatic heterocycles. The molecule has 0 saturated carbocycles. The molecule has 0 saturated heterocycles. The summed E-state index contributed by atoms with van der Waals surface area (Å²) in [7, 11) is 0. The largest absolute Gasteiger partial charge is 0.490 e. The highest BCUT2D eigenvalue weighted by Crippen LogP contribution is 2.32. The molecule has 1 N–H and O–H groups in total. The standard InChI is InChI=1S/C17H14F2N2O3/c1-2-23-14-9-10(7-8-13(14)24-17(18)19)15-20-12-6-4-3-5-11(12)16(22)21-15/h3-9,17H,2H2,1H3,(H,20,21,22). The average Bonchev–Trinajstić information content (AvgIpc) is 2.56. The molecule has 0 unspecified atom stereocenters. The van der Waals surface area contributed by atoms with E-state index in [4.69, 9.17) is 4.74 Å². The Kier molecular flexibility index (Phi) is 4.41. The second-order valence-corrected chi connectivity index (χ2v) is 4.90. The first kappa shape index (κ1) is 15.9. The zero-order valence-corrected chi connectivity index (χ0v) is 12.8. The van der Waals surface area contributed by atoms with E-state index in [0.29, 0.717) is 22.3 Å². The predicted octanol–water partition coefficient (Wildman–Crippen LogP) is 3.59. The van der Waals surface area contributed by atoms with Gasteiger partial charge in [-0.25, -0.2) is 4.98 Å². The Morgan fingerprint density at radius 2 is 1.96 bits per heavy atom. The van der Waals surface area contributed by atoms with Crippen molar-refractivity contribution in [2.24, 2.45) is 0 Å². The van der Waals surface area contributed by atoms with Gasteiger partial charge in [0.15, 0.2) is 11.5 Å². The molecule has 124 valence electrons. The Hall–Kier alpha value is -2.96. The van der Waals surface area contributed by atoms with Crippen molar-refractivity contribution >= 4 is 10.9 Å². The average molecular weight is 332 g/mol. The van der Waals surface area contributed by atoms with E-state index >= 15 is 0 Å². The molecule has 0 aliphatic carbocycles. The minimum Gasteiger partial charge on any atom is -0.490 e. The maximum absolute atomic E-state index is 12.5. The molecule has 24 heavy (non-hydrogen) atoms. The predicted molar refractivity (Wildman–Crippen MR) is 85.6 cm³/mol. The van der Waals surface area contributed by atoms with Crippen molar-refractivity contribution in [3.05, 3.63) is 52.8 Å². The minimum atomic E-state index is -2.95. The highest BCUT2D eigenvalue weighted by atomic mass is 19.3. The number of hydrogen-bond donors (Lipinski definition) is 1. The van der Waals surface area contributed by atoms with E-state index < -0.39 is 6.61 Å². The van der Waals surface area contributed by atoms with E-state index in [2.05, 4.69) is 14.7 Å². The Morgan fingerprint density at radius 1 is 1.17 bits per heavy atom. The van der Waals surface area contributed by atoms with Crippen LogP contribution in [0.1, 0.15) is 6.92 Å². The molecule has 5 nitrogen and oxygen atoms in total. The number of nitrogens with one attached hydrogen (secondary N) is 1. The molecule has 3 rings (SSSR count). The summed E-state index contributed by atoms with van der Waals surface area (Å²) in [6.45, 7) is -0.937. The summed E-state index contributed by atoms with van der Waals surface area (Å²) < 4.78 is 34.7. The number of aromatic nitrogens is 2. The molecule has 2 aromatic carbocycles. The van der Waals surface area contributed by atoms with Gasteiger partial charge in [-0.2, -0.15) is 8.78 Å². The van der Waals surface area contributed by atoms with Gasteiger partial charge in [0.25, 0.3) is 5.56 Å². The maximum atomic E-state index is 12.5. The topological polar surface area (TPSA) is 64.2 Å². The molecule has 0 spiro atoms. The van der Waals surface area contributed by atoms with E-state index in [9.17, 15) is 13.6 Å². The lowest BCUT2D eigenvalue weighted by Crippen LogP contribution is -2.09. The van der Waals surface area contributed by atoms with E-state index in [1.807, 2.05) is 0 Å². The smallest absolute Gasteiger partial charge is 0.387 e. The number of halogens is 2. The van der Waals surface area contributed by atoms with Crippen LogP contribution in [0.4, 0.5) is 8.78 Å². The Balaban J connectivity index is 2.09. The molecule has 0 amide bonds. The maximum Gasteiger partial charge on any atom is 0.387 e. The summed E-state index contributed by atoms with van der Waals surface area (Å²) in [6, 6.07) is 11.3. The van der Waals surface area contributed by atoms with Crippen LogP contribution in [0, 0.1) is 0 Å². The molecule has 0 aliphatic rings. The van der Waals surface area contributed by atoms with Crippen molar-refractivity contribution < 1.29 is 18.3 Å². The van der Waals surface area contributed by atoms with Crippen molar-refractivity contribution in [2.45, 2.75) is 13.5 Å². The number of aromatic amines is 1. The Labute approximate surface area is 135 Å². The first-order chi connectivity index (χ1) is 11.6. The quantitative estimate of drug-likeness (QED) is 0.775. The molecule has 0 bridgehead atoms. The van der Waals surface area contributed by atoms with Gasteiger partial charge in [0.05, 0.1) is 17.5 Å². The van der Waals surface area contributed by atoms with Gasteiger partial charge in [0.1, 0.15) is 5.82 Å². The van der Waals surface area contributed by atoms with Crippen molar-refractivity contribution in [2.75, 3.05) is 6.61 Å². The lowest BCUT2D eigenvalue weighted by Gasteiger charge is -2.12. The Bertz CT molecular complexity index is 925. The van der Waals surface area contributed by atoms with Crippen molar-refractivity contribution in [3.63, 3.8) is 0 Å². The summed E-state index contributed by atoms with van der Waals surface area (Å²) in [5.41, 5.74) is 0.798. The minimum absolute atomic E-state index is 0.0706. The molecular weight excluding hydrogens is 318 g/mol. The fourth-order valence-corrected chi connectivity index (χ4v) is 2.34. The van der Waals surface area contributed by atoms with Gasteiger partial charge in [0.2, 0.25) is 0 Å². The van der Waals surface area contributed by atoms with E-state index in [1.165, 1.54) is 18.2 Å². The van der Waals surface area contributed by atoms with Gasteiger partial charge in [0, 0.05) is 5.56 Å². The van der Waals surface area contributed by atoms with Crippen LogP contribution >= 0.6 is 0 Å². The van der Waals surface area contributed by atoms with Gasteiger partial charge in [-0.1, -0.05) is 12.1 Å². The lowest BCUT2D eigenvalue weighted by atomic mass is 10.1. The number of para-hydroxylation sites is 1. The number of fused-ring (bicyclic) bond motifs is 1. The number of alkyl halides is 2. The highest BCUT2D eigenvalue weighted by molar-refractivity contribution is 5.79. The van der Waals surface area contributed by atoms with Gasteiger partial charge in [-0.05, 0) is 37.3 Å². The summed E-state index contributed by atoms with van der Waals surface area (Å²) in [5.74, 6) is 0.410. The van der Waals surface area contributed by atoms with Gasteiger partial charge < -0.3 is 14.5 Å². The Morgan fingerprint density at radius 3 is 2.71 bits per heavy atom. The van der Waals surface area contributed by atoms with Crippen LogP contribution in [0.15, 0.2) is 47.3 Å². The molecule has 7 heteroatoms. The summed E-state index contributed by atoms with van der Waals surface area (Å²) in [6.07, 6.45) is 0. The molecule has 0 fully saturated rings. The van der Waals surface area contributed by atoms with Crippen LogP contribution in [-0.2, 0) is 0 Å². The summed E-state index contributed by atoms with van der Waals surface area (Å²) in [4.78, 5) is 19.2. The second-order valence-electron chi connectivity index (χ2n) is 4.90. The van der Waals surface area contributed by atoms with E-state index in [0.717, 1.165) is 0 Å². The van der Waals surface area contributed by atoms with Gasteiger partial charge in [-0.3, -0.25) is 4.79 Å². The number of hydrogen-bond acceptors (Lipinski definition) is 4. The van der Waals surface area contributed by atoms with Crippen molar-refractivity contribution in [1.29, 1.82) is 0 Å². The number of benzene rings is 2. The van der Waals surface area contributed by atoms with Crippen LogP contribution in [0.25, 0.3) is 22.3 Å². The van der Waals surface area contributed by atoms with Gasteiger partial charge in [-0.15, -0.1) is 0 Å². The zero-order chi connectivity index (χ0) is 17.1. The highest BCUT2D eigenvalue weighted by Gasteiger charge is 2.14. The molecule has 3 aromatic rings. The fraction of sp³-hybridized carbons (Fsp3) is 0.176. The number of H-pyrrole nitrogens is 1. The zero-order valence-electron chi connectivity index (χ0n) is 12.8. The molecule has 0 radical (unpaired) electrons. The second kappa shape index (κ2) is 6.66. The molecule has 0 aliphatic heterocycles. The van der Waals surface area contributed by atoms with Crippen LogP contribution < -0.4 is 15.0 Å². The van der Waals surface area contributed by atoms with E-state index in [1.54, 1.807) is 31.2 Å². The van der Waals surface area contributed by atoms with Gasteiger partial charge >= 0.3 is 6.61 Å². The van der Waals surface area contributed by atoms with Crippen molar-refractivity contribution in [3.8, 4) is 22.9 Å². The first-order valence-electron chi connectivity index (χ1n) is 7.29. The fourth-order valence-electron chi connectivity index (χ4n) is 2.34. The SMILES string of the molecule is CCOc1cc(-c2nc3ccccc3c(=O)[nH]2)ccc1OC(F)F. The van der Waals surface area contributed by atoms with Crippen LogP contribution in [0.3, 0.4) is 0 Å². The monoisotopic (exact) mass is 332 g/mol. The molecular formula is C17H14F2N2O3. The third-order valence-corrected chi connectivity index (χ3v) is 3.35. The van der Waals surface area contributed by atoms with Crippen LogP contribution in [0.5, 0.6) is 11.5 Å². The number of nitrogens with zero attached hydrogens (tertiary/aromatic N) is 1. The summed E-state index contributed by atoms with van der Waals surface area (Å²) >= 11 is 0. The lowest BCUT2D eigenvalue weighted by molar-refractivity contribution is -0.0514. The summed E-state index contributed by atoms with van der Waals surface area (Å²) in [5, 5.41) is 0.476. The molecule has 1 heterocycles. The van der Waals surface area contributed by atoms with E-state index in [-0.39, 0.29) is 23.7 Å². The normalized spacial score (nSPS) is 11.0. The number of ether oxygens (including phenoxy) is 2. The van der Waals surface area contributed by atoms with Crippen molar-refractivity contribution in [1.82, 2.24) is 9.97 Å². The van der Waals surface area contributed by atoms with Crippen LogP contribution in [0.2, 0.25) is 0 Å². The van der Waals surface area contributed by atoms with Crippen LogP contribution in [-0.4, -0.2) is 23.2 Å². The third-order valence-electron chi connectivity index (χ3n) is 3.35.